The first-order valence-electron chi connectivity index (χ1n) is 15.6. The molecule has 47 heavy (non-hydrogen) atoms. The summed E-state index contributed by atoms with van der Waals surface area (Å²) in [5.74, 6) is 0.0645. The van der Waals surface area contributed by atoms with Crippen molar-refractivity contribution in [2.45, 2.75) is 64.7 Å². The van der Waals surface area contributed by atoms with Crippen LogP contribution in [0.2, 0.25) is 0 Å². The van der Waals surface area contributed by atoms with Gasteiger partial charge in [0.2, 0.25) is 6.79 Å². The summed E-state index contributed by atoms with van der Waals surface area (Å²) in [5.41, 5.74) is 2.15. The molecule has 250 valence electrons. The summed E-state index contributed by atoms with van der Waals surface area (Å²) in [6, 6.07) is 20.7. The molecule has 0 unspecified atom stereocenters. The summed E-state index contributed by atoms with van der Waals surface area (Å²) < 4.78 is 27.2. The zero-order valence-electron chi connectivity index (χ0n) is 26.9. The van der Waals surface area contributed by atoms with Gasteiger partial charge in [0.25, 0.3) is 5.91 Å². The van der Waals surface area contributed by atoms with Crippen LogP contribution in [-0.4, -0.2) is 61.1 Å². The van der Waals surface area contributed by atoms with Crippen LogP contribution < -0.4 is 14.8 Å². The highest BCUT2D eigenvalue weighted by Gasteiger charge is 2.27. The number of carbonyl (C=O) groups is 4. The van der Waals surface area contributed by atoms with Crippen LogP contribution in [0.5, 0.6) is 11.5 Å². The van der Waals surface area contributed by atoms with E-state index in [0.29, 0.717) is 29.2 Å². The summed E-state index contributed by atoms with van der Waals surface area (Å²) in [4.78, 5) is 50.9. The highest BCUT2D eigenvalue weighted by Crippen LogP contribution is 2.33. The zero-order chi connectivity index (χ0) is 33.6. The van der Waals surface area contributed by atoms with Crippen molar-refractivity contribution < 1.29 is 42.9 Å². The molecule has 12 nitrogen and oxygen atoms in total. The fourth-order valence-electron chi connectivity index (χ4n) is 4.93. The second-order valence-electron chi connectivity index (χ2n) is 11.0. The predicted molar refractivity (Wildman–Crippen MR) is 173 cm³/mol. The third-order valence-corrected chi connectivity index (χ3v) is 7.47. The lowest BCUT2D eigenvalue weighted by atomic mass is 10.1. The molecule has 3 aromatic rings. The van der Waals surface area contributed by atoms with E-state index in [1.54, 1.807) is 37.4 Å². The smallest absolute Gasteiger partial charge is 0.432 e. The number of nitrogens with zero attached hydrogens (tertiary/aromatic N) is 2. The van der Waals surface area contributed by atoms with Gasteiger partial charge < -0.3 is 23.7 Å². The molecule has 0 bridgehead atoms. The Kier molecular flexibility index (Phi) is 12.8. The number of rotatable bonds is 13. The normalized spacial score (nSPS) is 12.5. The number of hydrazine groups is 1. The Morgan fingerprint density at radius 1 is 0.851 bits per heavy atom. The third kappa shape index (κ3) is 10.4. The van der Waals surface area contributed by atoms with Gasteiger partial charge in [0.1, 0.15) is 6.61 Å². The number of amides is 3. The van der Waals surface area contributed by atoms with Crippen molar-refractivity contribution >= 4 is 29.8 Å². The number of nitrogens with one attached hydrogen (secondary N) is 1. The van der Waals surface area contributed by atoms with Crippen molar-refractivity contribution in [3.05, 3.63) is 89.5 Å². The van der Waals surface area contributed by atoms with Crippen molar-refractivity contribution in [3.63, 3.8) is 0 Å². The topological polar surface area (TPSA) is 133 Å². The molecule has 0 aliphatic heterocycles. The van der Waals surface area contributed by atoms with Crippen LogP contribution >= 0.6 is 0 Å². The van der Waals surface area contributed by atoms with E-state index in [-0.39, 0.29) is 31.2 Å². The van der Waals surface area contributed by atoms with Crippen molar-refractivity contribution in [2.24, 2.45) is 0 Å². The Hall–Kier alpha value is -5.26. The average molecular weight is 648 g/mol. The summed E-state index contributed by atoms with van der Waals surface area (Å²) in [6.07, 6.45) is 3.38. The van der Waals surface area contributed by atoms with E-state index < -0.39 is 30.9 Å². The van der Waals surface area contributed by atoms with E-state index in [4.69, 9.17) is 23.7 Å². The Labute approximate surface area is 274 Å². The SMILES string of the molecule is CCCC(=O)OCOC(=O)N(Cc1ccc(OC)c(OC2CCCC2)c1)N(C)C(=O)c1ccc(NC(=O)OCc2ccccc2)cc1. The molecule has 1 saturated carbocycles. The Morgan fingerprint density at radius 3 is 2.26 bits per heavy atom. The van der Waals surface area contributed by atoms with Crippen molar-refractivity contribution in [1.82, 2.24) is 10.0 Å². The highest BCUT2D eigenvalue weighted by atomic mass is 16.7. The summed E-state index contributed by atoms with van der Waals surface area (Å²) >= 11 is 0. The highest BCUT2D eigenvalue weighted by molar-refractivity contribution is 5.95. The number of ether oxygens (including phenoxy) is 5. The van der Waals surface area contributed by atoms with Crippen LogP contribution in [0.3, 0.4) is 0 Å². The lowest BCUT2D eigenvalue weighted by Crippen LogP contribution is -2.47. The number of hydrogen-bond acceptors (Lipinski definition) is 9. The van der Waals surface area contributed by atoms with E-state index in [0.717, 1.165) is 41.3 Å². The quantitative estimate of drug-likeness (QED) is 0.122. The third-order valence-electron chi connectivity index (χ3n) is 7.47. The van der Waals surface area contributed by atoms with Gasteiger partial charge in [0.05, 0.1) is 19.8 Å². The van der Waals surface area contributed by atoms with Gasteiger partial charge in [-0.25, -0.2) is 19.6 Å². The molecule has 0 atom stereocenters. The average Bonchev–Trinajstić information content (AvgIpc) is 3.60. The van der Waals surface area contributed by atoms with Gasteiger partial charge in [-0.2, -0.15) is 0 Å². The molecule has 0 radical (unpaired) electrons. The Bertz CT molecular complexity index is 1490. The van der Waals surface area contributed by atoms with Crippen molar-refractivity contribution in [2.75, 3.05) is 26.3 Å². The minimum atomic E-state index is -0.904. The van der Waals surface area contributed by atoms with Crippen LogP contribution in [0, 0.1) is 0 Å². The van der Waals surface area contributed by atoms with E-state index in [1.807, 2.05) is 37.3 Å². The second-order valence-corrected chi connectivity index (χ2v) is 11.0. The largest absolute Gasteiger partial charge is 0.493 e. The van der Waals surface area contributed by atoms with Crippen LogP contribution in [-0.2, 0) is 32.2 Å². The first kappa shape index (κ1) is 34.6. The van der Waals surface area contributed by atoms with E-state index in [9.17, 15) is 19.2 Å². The number of methoxy groups -OCH3 is 1. The van der Waals surface area contributed by atoms with E-state index >= 15 is 0 Å². The molecule has 1 aliphatic carbocycles. The first-order chi connectivity index (χ1) is 22.8. The molecular weight excluding hydrogens is 606 g/mol. The minimum absolute atomic E-state index is 0.0676. The molecule has 12 heteroatoms. The molecule has 0 saturated heterocycles. The van der Waals surface area contributed by atoms with Crippen LogP contribution in [0.15, 0.2) is 72.8 Å². The number of anilines is 1. The Morgan fingerprint density at radius 2 is 1.57 bits per heavy atom. The molecule has 3 aromatic carbocycles. The number of esters is 1. The summed E-state index contributed by atoms with van der Waals surface area (Å²) in [7, 11) is 2.99. The maximum absolute atomic E-state index is 13.6. The maximum atomic E-state index is 13.6. The van der Waals surface area contributed by atoms with Crippen molar-refractivity contribution in [1.29, 1.82) is 0 Å². The van der Waals surface area contributed by atoms with Gasteiger partial charge in [0, 0.05) is 24.7 Å². The monoisotopic (exact) mass is 647 g/mol. The lowest BCUT2D eigenvalue weighted by molar-refractivity contribution is -0.153. The molecule has 0 heterocycles. The number of carbonyl (C=O) groups excluding carboxylic acids is 4. The van der Waals surface area contributed by atoms with Crippen LogP contribution in [0.25, 0.3) is 0 Å². The van der Waals surface area contributed by atoms with Gasteiger partial charge in [0.15, 0.2) is 11.5 Å². The summed E-state index contributed by atoms with van der Waals surface area (Å²) in [5, 5.41) is 4.85. The molecule has 0 spiro atoms. The fraction of sp³-hybridized carbons (Fsp3) is 0.371. The zero-order valence-corrected chi connectivity index (χ0v) is 26.9. The van der Waals surface area contributed by atoms with Gasteiger partial charge >= 0.3 is 18.2 Å². The van der Waals surface area contributed by atoms with Crippen LogP contribution in [0.4, 0.5) is 15.3 Å². The van der Waals surface area contributed by atoms with E-state index in [2.05, 4.69) is 5.32 Å². The van der Waals surface area contributed by atoms with E-state index in [1.165, 1.54) is 19.2 Å². The minimum Gasteiger partial charge on any atom is -0.493 e. The van der Waals surface area contributed by atoms with Crippen LogP contribution in [0.1, 0.15) is 66.9 Å². The van der Waals surface area contributed by atoms with Gasteiger partial charge in [-0.1, -0.05) is 43.3 Å². The molecule has 4 rings (SSSR count). The standard InChI is InChI=1S/C35H41N3O9/c1-4-10-32(39)45-24-46-35(42)38(22-26-15-20-30(43-3)31(21-26)47-29-13-8-9-14-29)37(2)33(40)27-16-18-28(19-17-27)36-34(41)44-23-25-11-6-5-7-12-25/h5-7,11-12,15-21,29H,4,8-10,13-14,22-24H2,1-3H3,(H,36,41). The molecule has 0 aromatic heterocycles. The molecule has 3 amide bonds. The number of benzene rings is 3. The molecule has 1 fully saturated rings. The Balaban J connectivity index is 1.46. The lowest BCUT2D eigenvalue weighted by Gasteiger charge is -2.31. The van der Waals surface area contributed by atoms with Gasteiger partial charge in [-0.3, -0.25) is 14.9 Å². The second kappa shape index (κ2) is 17.4. The van der Waals surface area contributed by atoms with Gasteiger partial charge in [-0.05, 0) is 79.6 Å². The first-order valence-corrected chi connectivity index (χ1v) is 15.6. The molecule has 1 N–H and O–H groups in total. The molecule has 1 aliphatic rings. The summed E-state index contributed by atoms with van der Waals surface area (Å²) in [6.45, 7) is 1.27. The van der Waals surface area contributed by atoms with Crippen molar-refractivity contribution in [3.8, 4) is 11.5 Å². The molecular formula is C35H41N3O9. The fourth-order valence-corrected chi connectivity index (χ4v) is 4.93. The maximum Gasteiger partial charge on any atom is 0.432 e. The number of hydrogen-bond donors (Lipinski definition) is 1. The van der Waals surface area contributed by atoms with Gasteiger partial charge in [-0.15, -0.1) is 0 Å². The predicted octanol–water partition coefficient (Wildman–Crippen LogP) is 6.69.